The quantitative estimate of drug-likeness (QED) is 0.0147. The van der Waals surface area contributed by atoms with Crippen molar-refractivity contribution in [3.8, 4) is 5.75 Å². The van der Waals surface area contributed by atoms with Crippen LogP contribution in [0, 0.1) is 24.7 Å². The molecule has 2 aliphatic heterocycles. The number of urea groups is 1. The number of imidazole rings is 1. The van der Waals surface area contributed by atoms with Gasteiger partial charge in [0.2, 0.25) is 41.4 Å². The summed E-state index contributed by atoms with van der Waals surface area (Å²) in [6.45, 7) is 21.4. The Labute approximate surface area is 724 Å². The number of phenolic OH excluding ortho intramolecular Hbond substituents is 1. The Morgan fingerprint density at radius 2 is 1.29 bits per heavy atom. The van der Waals surface area contributed by atoms with Crippen LogP contribution in [-0.4, -0.2) is 267 Å². The van der Waals surface area contributed by atoms with E-state index in [1.165, 1.54) is 31.3 Å². The van der Waals surface area contributed by atoms with Crippen LogP contribution in [0.2, 0.25) is 0 Å². The van der Waals surface area contributed by atoms with Gasteiger partial charge >= 0.3 is 35.9 Å². The number of nitrogens with two attached hydrogens (primary N) is 2. The molecule has 2 saturated heterocycles. The molecule has 9 amide bonds. The van der Waals surface area contributed by atoms with E-state index in [1.807, 2.05) is 0 Å². The predicted octanol–water partition coefficient (Wildman–Crippen LogP) is 1.65. The van der Waals surface area contributed by atoms with E-state index in [2.05, 4.69) is 73.3 Å². The van der Waals surface area contributed by atoms with Crippen LogP contribution in [0.5, 0.6) is 5.75 Å². The fraction of sp³-hybridized carbons (Fsp3) is 0.686. The number of benzene rings is 1. The number of nitrogens with zero attached hydrogens (tertiary/aromatic N) is 2. The average molecular weight is 1750 g/mol. The lowest BCUT2D eigenvalue weighted by molar-refractivity contribution is -0.212. The number of H-pyrrole nitrogens is 1. The number of aliphatic hydroxyl groups excluding tert-OH is 2. The molecule has 1 aromatic heterocycles. The molecular weight excluding hydrogens is 1620 g/mol. The molecular formula is C86H135N13O25. The number of ether oxygens (including phenoxy) is 6. The van der Waals surface area contributed by atoms with Crippen molar-refractivity contribution >= 4 is 83.0 Å². The Kier molecular flexibility index (Phi) is 42.4. The zero-order chi connectivity index (χ0) is 92.5. The number of morpholine rings is 1. The summed E-state index contributed by atoms with van der Waals surface area (Å²) in [7, 11) is 1.77. The van der Waals surface area contributed by atoms with Crippen LogP contribution in [0.15, 0.2) is 47.5 Å². The molecule has 3 heterocycles. The van der Waals surface area contributed by atoms with E-state index < -0.39 is 180 Å². The number of rotatable bonds is 48. The van der Waals surface area contributed by atoms with Crippen molar-refractivity contribution in [3.05, 3.63) is 69.8 Å². The standard InChI is InChI=1S/C51H76N2O14.C35H59N11O11/c1-12-14-15-16-19-22-38(55)64-44-41-40(32(7)43(44)65-47(59)30(5)13-2)45-51(62,50(10,61)48(60)66-45)37(28-49(41,9)67-33(8)54)63-39(56)27-34-25-31(6)42(57)35(26-34)21-18-17-20-23-53-46(58)36(52-11)24-29(3)4;1-20(2)14-25(31(52)40-23(21(3)49)7-8-29(37)50)42-30(51)24(6-4-5-9-36)41-33(54)27(17-47)44-34(55)28(18-48)43-32(53)26(15-22-16-38-19-39-22)45-35(56)46-10-12-57-13-11-46/h13,25-26,29,36-37,41,43-45,52,57,61-62H,12,14-24,27-28H2,1-11H3,(H,53,58);16,19-20,23-28,47-48H,4-15,17-18,36H2,1-3H3,(H2,37,50)(H,38,39)(H,40,52)(H,41,54)(H,42,51)(H,43,53)(H,44,55)(H,45,56)/b30-13-;/t36-,37+,41+,43+,44+,45+,49+,50-,51-;23-,24?,25-,26-,27-,28?/m11/s1. The number of aromatic nitrogens is 2. The number of amides is 9. The second-order valence-corrected chi connectivity index (χ2v) is 33.6. The molecule has 1 aromatic carbocycles. The lowest BCUT2D eigenvalue weighted by Crippen LogP contribution is -2.64. The van der Waals surface area contributed by atoms with E-state index in [0.29, 0.717) is 93.3 Å². The number of aliphatic hydroxyl groups is 4. The molecule has 0 spiro atoms. The predicted molar refractivity (Wildman–Crippen MR) is 451 cm³/mol. The van der Waals surface area contributed by atoms with E-state index in [0.717, 1.165) is 58.8 Å². The number of fused-ring (bicyclic) bond motifs is 3. The molecule has 38 heteroatoms. The monoisotopic (exact) mass is 1750 g/mol. The molecule has 18 N–H and O–H groups in total. The summed E-state index contributed by atoms with van der Waals surface area (Å²) in [6.07, 6.45) is 5.77. The zero-order valence-corrected chi connectivity index (χ0v) is 74.2. The van der Waals surface area contributed by atoms with Crippen molar-refractivity contribution in [1.82, 2.24) is 57.4 Å². The highest BCUT2D eigenvalue weighted by Gasteiger charge is 2.76. The maximum atomic E-state index is 14.1. The SMILES string of the molecule is C/C=C(/C)C(=O)O[C@H]1C(C)=C2[C@@H]3OC(=O)[C@@](C)(O)[C@@]3(O)[C@@H](OC(=O)Cc3cc(C)c(O)c(CCCCCNC(=O)[C@@H](CC(C)C)NC)c3)C[C@](C)(OC(C)=O)[C@@H]2[C@@H]1OC(=O)CCCCCCC.CC(=O)[C@@H](CCC(N)=O)NC(=O)[C@@H](CC(C)C)NC(=O)C(CCCCN)NC(=O)[C@@H](CO)NC(=O)C(CO)NC(=O)[C@@H](Cc1cnc[nH]1)NC(=O)N1CCOCC1. The lowest BCUT2D eigenvalue weighted by atomic mass is 9.75. The number of primary amides is 1. The van der Waals surface area contributed by atoms with Crippen molar-refractivity contribution in [2.45, 2.75) is 302 Å². The normalized spacial score (nSPS) is 22.1. The Hall–Kier alpha value is -9.99. The van der Waals surface area contributed by atoms with Gasteiger partial charge in [0.25, 0.3) is 0 Å². The van der Waals surface area contributed by atoms with Crippen LogP contribution >= 0.6 is 0 Å². The van der Waals surface area contributed by atoms with E-state index in [4.69, 9.17) is 39.9 Å². The van der Waals surface area contributed by atoms with Gasteiger partial charge in [0.15, 0.2) is 35.3 Å². The highest BCUT2D eigenvalue weighted by Crippen LogP contribution is 2.58. The van der Waals surface area contributed by atoms with Gasteiger partial charge in [-0.25, -0.2) is 19.4 Å². The van der Waals surface area contributed by atoms with E-state index in [1.54, 1.807) is 66.8 Å². The number of phenols is 1. The first-order valence-corrected chi connectivity index (χ1v) is 42.9. The number of Topliss-reactive ketones (excluding diaryl/α,β-unsaturated/α-hetero) is 1. The third-order valence-electron chi connectivity index (χ3n) is 22.6. The Morgan fingerprint density at radius 3 is 1.86 bits per heavy atom. The highest BCUT2D eigenvalue weighted by atomic mass is 16.6. The summed E-state index contributed by atoms with van der Waals surface area (Å²) in [5, 5.41) is 77.0. The zero-order valence-electron chi connectivity index (χ0n) is 74.2. The number of carbonyl (C=O) groups excluding carboxylic acids is 14. The lowest BCUT2D eigenvalue weighted by Gasteiger charge is -2.41. The number of allylic oxidation sites excluding steroid dienone is 1. The molecule has 2 unspecified atom stereocenters. The van der Waals surface area contributed by atoms with Gasteiger partial charge in [-0.1, -0.05) is 84.9 Å². The molecule has 2 aliphatic carbocycles. The summed E-state index contributed by atoms with van der Waals surface area (Å²) < 4.78 is 35.5. The average Bonchev–Trinajstić information content (AvgIpc) is 1.52. The van der Waals surface area contributed by atoms with Crippen molar-refractivity contribution < 1.29 is 121 Å². The maximum Gasteiger partial charge on any atom is 0.341 e. The van der Waals surface area contributed by atoms with Gasteiger partial charge in [-0.2, -0.15) is 0 Å². The minimum absolute atomic E-state index is 0.0335. The minimum Gasteiger partial charge on any atom is -0.507 e. The fourth-order valence-corrected chi connectivity index (χ4v) is 15.6. The number of ketones is 1. The summed E-state index contributed by atoms with van der Waals surface area (Å²) in [5.41, 5.74) is 6.27. The number of carbonyl (C=O) groups is 14. The van der Waals surface area contributed by atoms with Gasteiger partial charge in [0.05, 0.1) is 57.2 Å². The smallest absolute Gasteiger partial charge is 0.341 e. The second-order valence-electron chi connectivity index (χ2n) is 33.6. The molecule has 694 valence electrons. The summed E-state index contributed by atoms with van der Waals surface area (Å²) in [6, 6.07) is -5.47. The first kappa shape index (κ1) is 105. The number of hydrogen-bond donors (Lipinski definition) is 16. The molecule has 124 heavy (non-hydrogen) atoms. The molecule has 6 rings (SSSR count). The Morgan fingerprint density at radius 1 is 0.702 bits per heavy atom. The number of unbranched alkanes of at least 4 members (excludes halogenated alkanes) is 7. The van der Waals surface area contributed by atoms with Gasteiger partial charge in [-0.15, -0.1) is 0 Å². The van der Waals surface area contributed by atoms with Crippen molar-refractivity contribution in [2.24, 2.45) is 29.2 Å². The minimum atomic E-state index is -2.71. The largest absolute Gasteiger partial charge is 0.507 e. The summed E-state index contributed by atoms with van der Waals surface area (Å²) >= 11 is 0. The van der Waals surface area contributed by atoms with Crippen LogP contribution in [0.3, 0.4) is 0 Å². The molecule has 3 fully saturated rings. The van der Waals surface area contributed by atoms with Crippen LogP contribution in [0.1, 0.15) is 215 Å². The number of likely N-dealkylation sites (N-methyl/N-ethyl adjacent to an activating group) is 1. The molecule has 1 saturated carbocycles. The molecule has 38 nitrogen and oxygen atoms in total. The third kappa shape index (κ3) is 30.1. The van der Waals surface area contributed by atoms with Crippen LogP contribution in [-0.2, 0) is 110 Å². The number of aromatic amines is 1. The molecule has 0 radical (unpaired) electrons. The Bertz CT molecular complexity index is 4030. The molecule has 15 atom stereocenters. The number of aromatic hydroxyl groups is 1. The number of hydrogen-bond acceptors (Lipinski definition) is 28. The first-order valence-electron chi connectivity index (χ1n) is 42.9. The van der Waals surface area contributed by atoms with Gasteiger partial charge in [-0.3, -0.25) is 52.7 Å². The topological polar surface area (TPSA) is 576 Å². The highest BCUT2D eigenvalue weighted by molar-refractivity contribution is 5.97. The van der Waals surface area contributed by atoms with E-state index >= 15 is 0 Å². The maximum absolute atomic E-state index is 14.1. The van der Waals surface area contributed by atoms with Crippen molar-refractivity contribution in [3.63, 3.8) is 0 Å². The summed E-state index contributed by atoms with van der Waals surface area (Å²) in [4.78, 5) is 192. The van der Waals surface area contributed by atoms with E-state index in [-0.39, 0.29) is 91.8 Å². The fourth-order valence-electron chi connectivity index (χ4n) is 15.6. The van der Waals surface area contributed by atoms with E-state index in [9.17, 15) is 92.7 Å². The molecule has 4 aliphatic rings. The number of esters is 5. The van der Waals surface area contributed by atoms with Gasteiger partial charge in [-0.05, 0) is 166 Å². The number of aryl methyl sites for hydroxylation is 2. The van der Waals surface area contributed by atoms with Crippen LogP contribution in [0.4, 0.5) is 4.79 Å². The van der Waals surface area contributed by atoms with Crippen molar-refractivity contribution in [1.29, 1.82) is 0 Å². The van der Waals surface area contributed by atoms with Gasteiger partial charge < -0.3 is 118 Å². The summed E-state index contributed by atoms with van der Waals surface area (Å²) in [5.74, 6) is -10.6. The van der Waals surface area contributed by atoms with Gasteiger partial charge in [0, 0.05) is 69.7 Å². The Balaban J connectivity index is 0.000000447. The molecule has 0 bridgehead atoms. The molecule has 2 aromatic rings. The second kappa shape index (κ2) is 50.2. The van der Waals surface area contributed by atoms with Crippen LogP contribution < -0.4 is 54.0 Å². The number of nitrogens with one attached hydrogen (secondary N) is 9. The van der Waals surface area contributed by atoms with Gasteiger partial charge in [0.1, 0.15) is 47.7 Å². The van der Waals surface area contributed by atoms with Crippen LogP contribution in [0.25, 0.3) is 0 Å². The third-order valence-corrected chi connectivity index (χ3v) is 22.6. The van der Waals surface area contributed by atoms with Crippen molar-refractivity contribution in [2.75, 3.05) is 59.7 Å². The first-order chi connectivity index (χ1) is 58.6.